The predicted octanol–water partition coefficient (Wildman–Crippen LogP) is 6.44. The molecule has 0 unspecified atom stereocenters. The van der Waals surface area contributed by atoms with Crippen LogP contribution in [0.2, 0.25) is 0 Å². The monoisotopic (exact) mass is 306 g/mol. The second kappa shape index (κ2) is 17.7. The summed E-state index contributed by atoms with van der Waals surface area (Å²) in [5, 5.41) is 8.44. The molecule has 22 heavy (non-hydrogen) atoms. The summed E-state index contributed by atoms with van der Waals surface area (Å²) in [5.74, 6) is -0.845. The van der Waals surface area contributed by atoms with Crippen molar-refractivity contribution < 1.29 is 9.90 Å². The van der Waals surface area contributed by atoms with Crippen LogP contribution in [0.5, 0.6) is 0 Å². The van der Waals surface area contributed by atoms with Crippen molar-refractivity contribution >= 4 is 5.97 Å². The SMILES string of the molecule is CCC=CCCCCCC=CCCCCCCC=CC(=O)O. The summed E-state index contributed by atoms with van der Waals surface area (Å²) in [7, 11) is 0. The van der Waals surface area contributed by atoms with Gasteiger partial charge in [-0.1, -0.05) is 56.6 Å². The molecule has 0 aliphatic rings. The van der Waals surface area contributed by atoms with Gasteiger partial charge in [0.25, 0.3) is 0 Å². The predicted molar refractivity (Wildman–Crippen MR) is 96.1 cm³/mol. The molecule has 2 heteroatoms. The molecule has 0 atom stereocenters. The van der Waals surface area contributed by atoms with Crippen LogP contribution in [-0.2, 0) is 4.79 Å². The Morgan fingerprint density at radius 2 is 1.09 bits per heavy atom. The van der Waals surface area contributed by atoms with Gasteiger partial charge in [-0.15, -0.1) is 0 Å². The molecule has 0 radical (unpaired) electrons. The van der Waals surface area contributed by atoms with Crippen LogP contribution in [0.15, 0.2) is 36.5 Å². The Bertz CT molecular complexity index is 327. The third-order valence-corrected chi connectivity index (χ3v) is 3.56. The van der Waals surface area contributed by atoms with Gasteiger partial charge in [0.2, 0.25) is 0 Å². The van der Waals surface area contributed by atoms with Crippen molar-refractivity contribution in [1.29, 1.82) is 0 Å². The molecule has 0 heterocycles. The first-order valence-corrected chi connectivity index (χ1v) is 8.96. The molecule has 0 saturated carbocycles. The van der Waals surface area contributed by atoms with Crippen LogP contribution in [0.25, 0.3) is 0 Å². The van der Waals surface area contributed by atoms with E-state index >= 15 is 0 Å². The van der Waals surface area contributed by atoms with E-state index in [9.17, 15) is 4.79 Å². The summed E-state index contributed by atoms with van der Waals surface area (Å²) < 4.78 is 0. The zero-order valence-electron chi connectivity index (χ0n) is 14.3. The van der Waals surface area contributed by atoms with E-state index in [0.717, 1.165) is 19.3 Å². The van der Waals surface area contributed by atoms with Crippen molar-refractivity contribution in [3.8, 4) is 0 Å². The molecule has 0 fully saturated rings. The smallest absolute Gasteiger partial charge is 0.327 e. The van der Waals surface area contributed by atoms with Crippen LogP contribution < -0.4 is 0 Å². The highest BCUT2D eigenvalue weighted by Crippen LogP contribution is 2.08. The van der Waals surface area contributed by atoms with Crippen LogP contribution in [0, 0.1) is 0 Å². The van der Waals surface area contributed by atoms with E-state index in [2.05, 4.69) is 31.2 Å². The Morgan fingerprint density at radius 1 is 0.682 bits per heavy atom. The molecule has 0 aromatic carbocycles. The Labute approximate surface area is 137 Å². The van der Waals surface area contributed by atoms with E-state index < -0.39 is 5.97 Å². The lowest BCUT2D eigenvalue weighted by molar-refractivity contribution is -0.131. The second-order valence-electron chi connectivity index (χ2n) is 5.72. The summed E-state index contributed by atoms with van der Waals surface area (Å²) in [6.07, 6.45) is 26.6. The fraction of sp³-hybridized carbons (Fsp3) is 0.650. The molecule has 0 bridgehead atoms. The van der Waals surface area contributed by atoms with Gasteiger partial charge in [-0.05, 0) is 57.8 Å². The van der Waals surface area contributed by atoms with E-state index in [4.69, 9.17) is 5.11 Å². The minimum absolute atomic E-state index is 0.845. The number of aliphatic carboxylic acids is 1. The Kier molecular flexibility index (Phi) is 16.7. The number of rotatable bonds is 15. The molecule has 126 valence electrons. The first-order chi connectivity index (χ1) is 10.8. The average molecular weight is 306 g/mol. The van der Waals surface area contributed by atoms with Crippen LogP contribution in [-0.4, -0.2) is 11.1 Å². The van der Waals surface area contributed by atoms with Crippen molar-refractivity contribution in [2.45, 2.75) is 84.0 Å². The van der Waals surface area contributed by atoms with E-state index in [0.29, 0.717) is 0 Å². The highest BCUT2D eigenvalue weighted by Gasteiger charge is 1.89. The fourth-order valence-electron chi connectivity index (χ4n) is 2.28. The summed E-state index contributed by atoms with van der Waals surface area (Å²) in [6.45, 7) is 2.18. The molecule has 0 spiro atoms. The van der Waals surface area contributed by atoms with Gasteiger partial charge in [0.05, 0.1) is 0 Å². The van der Waals surface area contributed by atoms with Crippen molar-refractivity contribution in [3.63, 3.8) is 0 Å². The molecule has 0 rings (SSSR count). The van der Waals surface area contributed by atoms with Crippen LogP contribution in [0.4, 0.5) is 0 Å². The van der Waals surface area contributed by atoms with E-state index in [1.807, 2.05) is 0 Å². The minimum Gasteiger partial charge on any atom is -0.478 e. The van der Waals surface area contributed by atoms with Gasteiger partial charge >= 0.3 is 5.97 Å². The van der Waals surface area contributed by atoms with Crippen LogP contribution in [0.1, 0.15) is 84.0 Å². The number of hydrogen-bond acceptors (Lipinski definition) is 1. The third kappa shape index (κ3) is 18.7. The molecular weight excluding hydrogens is 272 g/mol. The standard InChI is InChI=1S/C20H34O2/c1-2-3-4-5-6-7-8-9-10-11-12-13-14-15-16-17-18-19-20(21)22/h3-4,10-11,18-19H,2,5-9,12-17H2,1H3,(H,21,22). The van der Waals surface area contributed by atoms with Crippen LogP contribution in [0.3, 0.4) is 0 Å². The lowest BCUT2D eigenvalue weighted by atomic mass is 10.1. The lowest BCUT2D eigenvalue weighted by Gasteiger charge is -1.97. The quantitative estimate of drug-likeness (QED) is 0.215. The number of carboxylic acid groups (broad SMARTS) is 1. The van der Waals surface area contributed by atoms with Crippen molar-refractivity contribution in [1.82, 2.24) is 0 Å². The first kappa shape index (κ1) is 20.7. The van der Waals surface area contributed by atoms with E-state index in [1.165, 1.54) is 63.9 Å². The molecule has 0 aliphatic carbocycles. The Hall–Kier alpha value is -1.31. The van der Waals surface area contributed by atoms with Gasteiger partial charge in [-0.2, -0.15) is 0 Å². The highest BCUT2D eigenvalue weighted by molar-refractivity contribution is 5.79. The normalized spacial score (nSPS) is 12.0. The zero-order chi connectivity index (χ0) is 16.3. The van der Waals surface area contributed by atoms with Gasteiger partial charge in [0.1, 0.15) is 0 Å². The Balaban J connectivity index is 3.18. The fourth-order valence-corrected chi connectivity index (χ4v) is 2.28. The first-order valence-electron chi connectivity index (χ1n) is 8.96. The number of allylic oxidation sites excluding steroid dienone is 5. The molecular formula is C20H34O2. The van der Waals surface area contributed by atoms with Crippen molar-refractivity contribution in [2.75, 3.05) is 0 Å². The zero-order valence-corrected chi connectivity index (χ0v) is 14.3. The van der Waals surface area contributed by atoms with Crippen molar-refractivity contribution in [3.05, 3.63) is 36.5 Å². The van der Waals surface area contributed by atoms with E-state index in [1.54, 1.807) is 6.08 Å². The molecule has 1 N–H and O–H groups in total. The maximum atomic E-state index is 10.3. The van der Waals surface area contributed by atoms with Crippen LogP contribution >= 0.6 is 0 Å². The molecule has 0 aliphatic heterocycles. The minimum atomic E-state index is -0.845. The average Bonchev–Trinajstić information content (AvgIpc) is 2.50. The van der Waals surface area contributed by atoms with Gasteiger partial charge in [-0.3, -0.25) is 0 Å². The lowest BCUT2D eigenvalue weighted by Crippen LogP contribution is -1.85. The Morgan fingerprint density at radius 3 is 1.55 bits per heavy atom. The summed E-state index contributed by atoms with van der Waals surface area (Å²) >= 11 is 0. The number of carbonyl (C=O) groups is 1. The molecule has 0 saturated heterocycles. The molecule has 2 nitrogen and oxygen atoms in total. The number of hydrogen-bond donors (Lipinski definition) is 1. The summed E-state index contributed by atoms with van der Waals surface area (Å²) in [6, 6.07) is 0. The molecule has 0 amide bonds. The highest BCUT2D eigenvalue weighted by atomic mass is 16.4. The third-order valence-electron chi connectivity index (χ3n) is 3.56. The van der Waals surface area contributed by atoms with Gasteiger partial charge < -0.3 is 5.11 Å². The van der Waals surface area contributed by atoms with Gasteiger partial charge in [0.15, 0.2) is 0 Å². The number of unbranched alkanes of at least 4 members (excludes halogenated alkanes) is 9. The maximum Gasteiger partial charge on any atom is 0.327 e. The summed E-state index contributed by atoms with van der Waals surface area (Å²) in [5.41, 5.74) is 0. The second-order valence-corrected chi connectivity index (χ2v) is 5.72. The largest absolute Gasteiger partial charge is 0.478 e. The molecule has 0 aromatic heterocycles. The van der Waals surface area contributed by atoms with E-state index in [-0.39, 0.29) is 0 Å². The maximum absolute atomic E-state index is 10.3. The number of carboxylic acids is 1. The molecule has 0 aromatic rings. The summed E-state index contributed by atoms with van der Waals surface area (Å²) in [4.78, 5) is 10.3. The van der Waals surface area contributed by atoms with Gasteiger partial charge in [0, 0.05) is 6.08 Å². The van der Waals surface area contributed by atoms with Crippen molar-refractivity contribution in [2.24, 2.45) is 0 Å². The van der Waals surface area contributed by atoms with Gasteiger partial charge in [-0.25, -0.2) is 4.79 Å². The topological polar surface area (TPSA) is 37.3 Å².